The van der Waals surface area contributed by atoms with Crippen LogP contribution >= 0.6 is 11.6 Å². The summed E-state index contributed by atoms with van der Waals surface area (Å²) in [5, 5.41) is 7.62. The highest BCUT2D eigenvalue weighted by Gasteiger charge is 2.18. The van der Waals surface area contributed by atoms with E-state index in [0.29, 0.717) is 18.2 Å². The maximum Gasteiger partial charge on any atom is 0.238 e. The minimum Gasteiger partial charge on any atom is -0.423 e. The van der Waals surface area contributed by atoms with Crippen molar-refractivity contribution in [2.24, 2.45) is 0 Å². The summed E-state index contributed by atoms with van der Waals surface area (Å²) in [5.41, 5.74) is 0.949. The third kappa shape index (κ3) is 3.78. The molecule has 2 aromatic rings. The van der Waals surface area contributed by atoms with Gasteiger partial charge in [0.25, 0.3) is 0 Å². The fourth-order valence-electron chi connectivity index (χ4n) is 1.68. The molecule has 0 saturated heterocycles. The van der Waals surface area contributed by atoms with Crippen LogP contribution < -0.4 is 0 Å². The van der Waals surface area contributed by atoms with Gasteiger partial charge in [-0.05, 0) is 18.9 Å². The number of ether oxygens (including phenoxy) is 1. The molecule has 0 aliphatic carbocycles. The van der Waals surface area contributed by atoms with Crippen molar-refractivity contribution in [2.45, 2.75) is 31.2 Å². The first kappa shape index (κ1) is 14.0. The van der Waals surface area contributed by atoms with Crippen LogP contribution in [0.25, 0.3) is 0 Å². The van der Waals surface area contributed by atoms with Gasteiger partial charge in [0.2, 0.25) is 11.8 Å². The number of alkyl halides is 1. The van der Waals surface area contributed by atoms with Gasteiger partial charge in [-0.2, -0.15) is 0 Å². The van der Waals surface area contributed by atoms with Crippen LogP contribution in [-0.4, -0.2) is 23.4 Å². The third-order valence-electron chi connectivity index (χ3n) is 2.96. The van der Waals surface area contributed by atoms with Gasteiger partial charge >= 0.3 is 0 Å². The SMILES string of the molecule is COC(C)CCc1nnc(C(Cl)c2ccccc2)o1. The Morgan fingerprint density at radius 1 is 1.26 bits per heavy atom. The molecule has 0 aliphatic heterocycles. The number of nitrogens with zero attached hydrogens (tertiary/aromatic N) is 2. The van der Waals surface area contributed by atoms with E-state index in [-0.39, 0.29) is 6.10 Å². The first-order valence-corrected chi connectivity index (χ1v) is 6.68. The number of aromatic nitrogens is 2. The molecule has 1 aromatic heterocycles. The summed E-state index contributed by atoms with van der Waals surface area (Å²) in [6.45, 7) is 2.01. The maximum absolute atomic E-state index is 6.31. The summed E-state index contributed by atoms with van der Waals surface area (Å²) >= 11 is 6.31. The zero-order valence-corrected chi connectivity index (χ0v) is 11.8. The molecule has 1 aromatic carbocycles. The average molecular weight is 281 g/mol. The molecule has 0 saturated carbocycles. The molecule has 0 spiro atoms. The molecular formula is C14H17ClN2O2. The van der Waals surface area contributed by atoms with Crippen molar-refractivity contribution in [2.75, 3.05) is 7.11 Å². The molecule has 0 aliphatic rings. The van der Waals surface area contributed by atoms with E-state index >= 15 is 0 Å². The minimum atomic E-state index is -0.401. The van der Waals surface area contributed by atoms with Gasteiger partial charge in [0.15, 0.2) is 0 Å². The van der Waals surface area contributed by atoms with Crippen molar-refractivity contribution in [1.82, 2.24) is 10.2 Å². The molecule has 0 bridgehead atoms. The van der Waals surface area contributed by atoms with Gasteiger partial charge in [-0.1, -0.05) is 30.3 Å². The topological polar surface area (TPSA) is 48.2 Å². The molecular weight excluding hydrogens is 264 g/mol. The zero-order valence-electron chi connectivity index (χ0n) is 11.0. The first-order valence-electron chi connectivity index (χ1n) is 6.24. The molecule has 2 atom stereocenters. The second-order valence-electron chi connectivity index (χ2n) is 4.39. The first-order chi connectivity index (χ1) is 9.20. The Bertz CT molecular complexity index is 501. The average Bonchev–Trinajstić information content (AvgIpc) is 2.93. The van der Waals surface area contributed by atoms with E-state index in [1.807, 2.05) is 37.3 Å². The summed E-state index contributed by atoms with van der Waals surface area (Å²) < 4.78 is 10.8. The van der Waals surface area contributed by atoms with Crippen LogP contribution in [0.2, 0.25) is 0 Å². The number of halogens is 1. The summed E-state index contributed by atoms with van der Waals surface area (Å²) in [7, 11) is 1.69. The quantitative estimate of drug-likeness (QED) is 0.761. The Labute approximate surface area is 117 Å². The number of aryl methyl sites for hydroxylation is 1. The highest BCUT2D eigenvalue weighted by molar-refractivity contribution is 6.22. The Morgan fingerprint density at radius 2 is 2.00 bits per heavy atom. The number of benzene rings is 1. The van der Waals surface area contributed by atoms with Crippen molar-refractivity contribution >= 4 is 11.6 Å². The Hall–Kier alpha value is -1.39. The van der Waals surface area contributed by atoms with Crippen molar-refractivity contribution in [3.05, 3.63) is 47.7 Å². The number of methoxy groups -OCH3 is 1. The second-order valence-corrected chi connectivity index (χ2v) is 4.83. The Morgan fingerprint density at radius 3 is 2.68 bits per heavy atom. The normalized spacial score (nSPS) is 14.3. The van der Waals surface area contributed by atoms with Gasteiger partial charge in [0, 0.05) is 13.5 Å². The molecule has 0 radical (unpaired) electrons. The standard InChI is InChI=1S/C14H17ClN2O2/c1-10(18-2)8-9-12-16-17-14(19-12)13(15)11-6-4-3-5-7-11/h3-7,10,13H,8-9H2,1-2H3. The highest BCUT2D eigenvalue weighted by atomic mass is 35.5. The number of rotatable bonds is 6. The summed E-state index contributed by atoms with van der Waals surface area (Å²) in [4.78, 5) is 0. The summed E-state index contributed by atoms with van der Waals surface area (Å²) in [6.07, 6.45) is 1.72. The van der Waals surface area contributed by atoms with Crippen molar-refractivity contribution in [3.63, 3.8) is 0 Å². The fourth-order valence-corrected chi connectivity index (χ4v) is 1.91. The van der Waals surface area contributed by atoms with Crippen molar-refractivity contribution in [1.29, 1.82) is 0 Å². The van der Waals surface area contributed by atoms with Crippen LogP contribution in [0.4, 0.5) is 0 Å². The van der Waals surface area contributed by atoms with E-state index in [4.69, 9.17) is 20.8 Å². The fraction of sp³-hybridized carbons (Fsp3) is 0.429. The molecule has 19 heavy (non-hydrogen) atoms. The van der Waals surface area contributed by atoms with E-state index in [0.717, 1.165) is 12.0 Å². The van der Waals surface area contributed by atoms with Crippen LogP contribution in [0.1, 0.15) is 36.1 Å². The predicted octanol–water partition coefficient (Wildman–Crippen LogP) is 3.37. The lowest BCUT2D eigenvalue weighted by molar-refractivity contribution is 0.109. The molecule has 4 nitrogen and oxygen atoms in total. The minimum absolute atomic E-state index is 0.177. The third-order valence-corrected chi connectivity index (χ3v) is 3.40. The van der Waals surface area contributed by atoms with Gasteiger partial charge in [0.1, 0.15) is 5.38 Å². The highest BCUT2D eigenvalue weighted by Crippen LogP contribution is 2.27. The van der Waals surface area contributed by atoms with Crippen LogP contribution in [-0.2, 0) is 11.2 Å². The van der Waals surface area contributed by atoms with Gasteiger partial charge in [-0.3, -0.25) is 0 Å². The van der Waals surface area contributed by atoms with Crippen LogP contribution in [0.15, 0.2) is 34.7 Å². The van der Waals surface area contributed by atoms with Crippen LogP contribution in [0, 0.1) is 0 Å². The largest absolute Gasteiger partial charge is 0.423 e. The monoisotopic (exact) mass is 280 g/mol. The lowest BCUT2D eigenvalue weighted by atomic mass is 10.1. The molecule has 2 unspecified atom stereocenters. The van der Waals surface area contributed by atoms with E-state index in [1.54, 1.807) is 7.11 Å². The predicted molar refractivity (Wildman–Crippen MR) is 73.2 cm³/mol. The van der Waals surface area contributed by atoms with Crippen LogP contribution in [0.5, 0.6) is 0 Å². The molecule has 5 heteroatoms. The van der Waals surface area contributed by atoms with E-state index in [9.17, 15) is 0 Å². The lowest BCUT2D eigenvalue weighted by Crippen LogP contribution is -2.05. The lowest BCUT2D eigenvalue weighted by Gasteiger charge is -2.06. The maximum atomic E-state index is 6.31. The molecule has 1 heterocycles. The van der Waals surface area contributed by atoms with E-state index < -0.39 is 5.38 Å². The van der Waals surface area contributed by atoms with E-state index in [1.165, 1.54) is 0 Å². The Balaban J connectivity index is 2.01. The van der Waals surface area contributed by atoms with Gasteiger partial charge in [-0.25, -0.2) is 0 Å². The molecule has 0 fully saturated rings. The van der Waals surface area contributed by atoms with Gasteiger partial charge in [-0.15, -0.1) is 21.8 Å². The smallest absolute Gasteiger partial charge is 0.238 e. The Kier molecular flexibility index (Phi) is 4.93. The molecule has 0 amide bonds. The van der Waals surface area contributed by atoms with Gasteiger partial charge < -0.3 is 9.15 Å². The summed E-state index contributed by atoms with van der Waals surface area (Å²) in [6, 6.07) is 9.69. The van der Waals surface area contributed by atoms with Crippen molar-refractivity contribution < 1.29 is 9.15 Å². The molecule has 102 valence electrons. The van der Waals surface area contributed by atoms with Gasteiger partial charge in [0.05, 0.1) is 6.10 Å². The number of hydrogen-bond acceptors (Lipinski definition) is 4. The number of hydrogen-bond donors (Lipinski definition) is 0. The zero-order chi connectivity index (χ0) is 13.7. The van der Waals surface area contributed by atoms with Crippen molar-refractivity contribution in [3.8, 4) is 0 Å². The molecule has 2 rings (SSSR count). The van der Waals surface area contributed by atoms with Crippen LogP contribution in [0.3, 0.4) is 0 Å². The molecule has 0 N–H and O–H groups in total. The second kappa shape index (κ2) is 6.68. The van der Waals surface area contributed by atoms with E-state index in [2.05, 4.69) is 10.2 Å². The summed E-state index contributed by atoms with van der Waals surface area (Å²) in [5.74, 6) is 1.04.